The van der Waals surface area contributed by atoms with Gasteiger partial charge < -0.3 is 11.1 Å². The highest BCUT2D eigenvalue weighted by atomic mass is 32.2. The van der Waals surface area contributed by atoms with E-state index in [1.54, 1.807) is 48.3 Å². The van der Waals surface area contributed by atoms with Gasteiger partial charge in [-0.3, -0.25) is 9.78 Å². The summed E-state index contributed by atoms with van der Waals surface area (Å²) < 4.78 is 13.1. The first-order valence-corrected chi connectivity index (χ1v) is 9.37. The number of anilines is 2. The van der Waals surface area contributed by atoms with Crippen LogP contribution in [-0.4, -0.2) is 17.1 Å². The Hall–Kier alpha value is -2.86. The van der Waals surface area contributed by atoms with E-state index < -0.39 is 0 Å². The number of amides is 1. The van der Waals surface area contributed by atoms with Gasteiger partial charge in [0, 0.05) is 11.9 Å². The van der Waals surface area contributed by atoms with Crippen LogP contribution in [0.2, 0.25) is 0 Å². The second-order valence-corrected chi connectivity index (χ2v) is 6.60. The van der Waals surface area contributed by atoms with Crippen molar-refractivity contribution < 1.29 is 9.18 Å². The Morgan fingerprint density at radius 3 is 2.50 bits per heavy atom. The van der Waals surface area contributed by atoms with Gasteiger partial charge in [0.25, 0.3) is 5.91 Å². The van der Waals surface area contributed by atoms with Crippen molar-refractivity contribution in [2.24, 2.45) is 0 Å². The lowest BCUT2D eigenvalue weighted by Gasteiger charge is -2.11. The highest BCUT2D eigenvalue weighted by Gasteiger charge is 2.10. The number of nitrogens with two attached hydrogens (primary N) is 1. The second-order valence-electron chi connectivity index (χ2n) is 5.73. The Bertz CT molecular complexity index is 911. The number of rotatable bonds is 5. The van der Waals surface area contributed by atoms with Gasteiger partial charge in [-0.15, -0.1) is 0 Å². The van der Waals surface area contributed by atoms with E-state index in [-0.39, 0.29) is 11.7 Å². The Kier molecular flexibility index (Phi) is 5.53. The number of nitrogens with one attached hydrogen (secondary N) is 1. The third kappa shape index (κ3) is 4.21. The van der Waals surface area contributed by atoms with Crippen LogP contribution in [0.5, 0.6) is 0 Å². The van der Waals surface area contributed by atoms with Gasteiger partial charge >= 0.3 is 0 Å². The molecule has 0 aliphatic rings. The molecule has 3 aromatic rings. The van der Waals surface area contributed by atoms with Crippen LogP contribution in [0, 0.1) is 5.82 Å². The molecule has 26 heavy (non-hydrogen) atoms. The summed E-state index contributed by atoms with van der Waals surface area (Å²) in [5.41, 5.74) is 10.0. The molecule has 3 rings (SSSR count). The van der Waals surface area contributed by atoms with Crippen molar-refractivity contribution in [2.75, 3.05) is 17.3 Å². The fraction of sp³-hybridized carbons (Fsp3) is 0.100. The molecule has 0 spiro atoms. The molecular weight excluding hydrogens is 349 g/mol. The van der Waals surface area contributed by atoms with Crippen LogP contribution in [0.15, 0.2) is 60.8 Å². The van der Waals surface area contributed by atoms with Crippen LogP contribution >= 0.6 is 11.8 Å². The van der Waals surface area contributed by atoms with E-state index in [2.05, 4.69) is 10.3 Å². The molecule has 132 valence electrons. The maximum Gasteiger partial charge on any atom is 0.257 e. The molecule has 1 amide bonds. The summed E-state index contributed by atoms with van der Waals surface area (Å²) in [7, 11) is 0. The molecule has 0 aliphatic carbocycles. The molecule has 0 bridgehead atoms. The van der Waals surface area contributed by atoms with E-state index in [4.69, 9.17) is 5.73 Å². The molecule has 1 aromatic heterocycles. The van der Waals surface area contributed by atoms with Crippen molar-refractivity contribution >= 4 is 29.0 Å². The minimum absolute atomic E-state index is 0.281. The zero-order valence-corrected chi connectivity index (χ0v) is 15.0. The van der Waals surface area contributed by atoms with Gasteiger partial charge in [-0.2, -0.15) is 11.8 Å². The quantitative estimate of drug-likeness (QED) is 0.648. The first kappa shape index (κ1) is 17.9. The number of halogens is 1. The number of hydrogen-bond acceptors (Lipinski definition) is 4. The van der Waals surface area contributed by atoms with Gasteiger partial charge in [0.05, 0.1) is 22.6 Å². The van der Waals surface area contributed by atoms with Gasteiger partial charge in [0.1, 0.15) is 5.82 Å². The number of benzene rings is 2. The number of aromatic nitrogens is 1. The van der Waals surface area contributed by atoms with Crippen molar-refractivity contribution in [3.8, 4) is 11.1 Å². The van der Waals surface area contributed by atoms with Crippen molar-refractivity contribution in [2.45, 2.75) is 5.75 Å². The van der Waals surface area contributed by atoms with Gasteiger partial charge in [-0.25, -0.2) is 4.39 Å². The molecule has 0 saturated heterocycles. The van der Waals surface area contributed by atoms with E-state index in [0.717, 1.165) is 22.6 Å². The topological polar surface area (TPSA) is 68.0 Å². The summed E-state index contributed by atoms with van der Waals surface area (Å²) in [6, 6.07) is 15.1. The minimum Gasteiger partial charge on any atom is -0.397 e. The molecule has 6 heteroatoms. The predicted molar refractivity (Wildman–Crippen MR) is 106 cm³/mol. The lowest BCUT2D eigenvalue weighted by Crippen LogP contribution is -2.13. The number of nitrogens with zero attached hydrogens (tertiary/aromatic N) is 1. The number of pyridine rings is 1. The van der Waals surface area contributed by atoms with Crippen molar-refractivity contribution in [3.05, 3.63) is 77.9 Å². The largest absolute Gasteiger partial charge is 0.397 e. The molecule has 1 heterocycles. The molecule has 3 N–H and O–H groups in total. The second kappa shape index (κ2) is 8.01. The monoisotopic (exact) mass is 367 g/mol. The summed E-state index contributed by atoms with van der Waals surface area (Å²) in [6.45, 7) is 0. The fourth-order valence-electron chi connectivity index (χ4n) is 2.47. The first-order valence-electron chi connectivity index (χ1n) is 7.97. The molecule has 0 unspecified atom stereocenters. The standard InChI is InChI=1S/C20H18FN3OS/c1-26-12-17-8-4-15(11-23-17)20(25)24-19-10-14(5-9-18(19)22)13-2-6-16(21)7-3-13/h2-11H,12,22H2,1H3,(H,24,25). The lowest BCUT2D eigenvalue weighted by atomic mass is 10.0. The Morgan fingerprint density at radius 1 is 1.12 bits per heavy atom. The smallest absolute Gasteiger partial charge is 0.257 e. The van der Waals surface area contributed by atoms with Crippen molar-refractivity contribution in [3.63, 3.8) is 0 Å². The van der Waals surface area contributed by atoms with Crippen molar-refractivity contribution in [1.29, 1.82) is 0 Å². The van der Waals surface area contributed by atoms with Crippen LogP contribution in [0.1, 0.15) is 16.1 Å². The average Bonchev–Trinajstić information content (AvgIpc) is 2.65. The van der Waals surface area contributed by atoms with E-state index in [9.17, 15) is 9.18 Å². The average molecular weight is 367 g/mol. The summed E-state index contributed by atoms with van der Waals surface area (Å²) in [6.07, 6.45) is 3.56. The third-order valence-electron chi connectivity index (χ3n) is 3.86. The Balaban J connectivity index is 1.81. The number of carbonyl (C=O) groups is 1. The van der Waals surface area contributed by atoms with Crippen LogP contribution in [0.4, 0.5) is 15.8 Å². The third-order valence-corrected chi connectivity index (χ3v) is 4.44. The van der Waals surface area contributed by atoms with E-state index >= 15 is 0 Å². The minimum atomic E-state index is -0.296. The normalized spacial score (nSPS) is 10.5. The molecule has 0 fully saturated rings. The molecule has 0 aliphatic heterocycles. The predicted octanol–water partition coefficient (Wildman–Crippen LogP) is 4.59. The highest BCUT2D eigenvalue weighted by Crippen LogP contribution is 2.28. The number of hydrogen-bond donors (Lipinski definition) is 2. The van der Waals surface area contributed by atoms with Gasteiger partial charge in [-0.1, -0.05) is 18.2 Å². The SMILES string of the molecule is CSCc1ccc(C(=O)Nc2cc(-c3ccc(F)cc3)ccc2N)cn1. The molecule has 2 aromatic carbocycles. The summed E-state index contributed by atoms with van der Waals surface area (Å²) in [5, 5.41) is 2.82. The molecule has 0 saturated carbocycles. The summed E-state index contributed by atoms with van der Waals surface area (Å²) >= 11 is 1.67. The van der Waals surface area contributed by atoms with Crippen molar-refractivity contribution in [1.82, 2.24) is 4.98 Å². The maximum absolute atomic E-state index is 13.1. The number of nitrogen functional groups attached to an aromatic ring is 1. The number of thioether (sulfide) groups is 1. The van der Waals surface area contributed by atoms with Crippen LogP contribution < -0.4 is 11.1 Å². The molecule has 0 atom stereocenters. The fourth-order valence-corrected chi connectivity index (χ4v) is 2.94. The van der Waals surface area contributed by atoms with Crippen LogP contribution in [0.25, 0.3) is 11.1 Å². The van der Waals surface area contributed by atoms with Gasteiger partial charge in [0.2, 0.25) is 0 Å². The number of carbonyl (C=O) groups excluding carboxylic acids is 1. The Labute approximate surface area is 155 Å². The van der Waals surface area contributed by atoms with E-state index in [1.807, 2.05) is 18.4 Å². The van der Waals surface area contributed by atoms with E-state index in [0.29, 0.717) is 16.9 Å². The van der Waals surface area contributed by atoms with E-state index in [1.165, 1.54) is 12.1 Å². The summed E-state index contributed by atoms with van der Waals surface area (Å²) in [4.78, 5) is 16.7. The highest BCUT2D eigenvalue weighted by molar-refractivity contribution is 7.97. The first-order chi connectivity index (χ1) is 12.6. The lowest BCUT2D eigenvalue weighted by molar-refractivity contribution is 0.102. The zero-order chi connectivity index (χ0) is 18.5. The van der Waals surface area contributed by atoms with Gasteiger partial charge in [-0.05, 0) is 53.8 Å². The van der Waals surface area contributed by atoms with Crippen LogP contribution in [-0.2, 0) is 5.75 Å². The summed E-state index contributed by atoms with van der Waals surface area (Å²) in [5.74, 6) is 0.223. The zero-order valence-electron chi connectivity index (χ0n) is 14.2. The molecule has 0 radical (unpaired) electrons. The van der Waals surface area contributed by atoms with Gasteiger partial charge in [0.15, 0.2) is 0 Å². The Morgan fingerprint density at radius 2 is 1.85 bits per heavy atom. The molecular formula is C20H18FN3OS. The maximum atomic E-state index is 13.1. The van der Waals surface area contributed by atoms with Crippen LogP contribution in [0.3, 0.4) is 0 Å². The molecule has 4 nitrogen and oxygen atoms in total.